The number of nitrogens with one attached hydrogen (secondary N) is 1. The third-order valence-electron chi connectivity index (χ3n) is 2.37. The summed E-state index contributed by atoms with van der Waals surface area (Å²) in [4.78, 5) is 0. The quantitative estimate of drug-likeness (QED) is 0.535. The Kier molecular flexibility index (Phi) is 1.30. The van der Waals surface area contributed by atoms with Crippen LogP contribution in [-0.2, 0) is 0 Å². The van der Waals surface area contributed by atoms with Crippen LogP contribution >= 0.6 is 0 Å². The zero-order chi connectivity index (χ0) is 6.97. The van der Waals surface area contributed by atoms with Gasteiger partial charge in [-0.3, -0.25) is 0 Å². The van der Waals surface area contributed by atoms with E-state index in [0.29, 0.717) is 0 Å². The molecule has 0 unspecified atom stereocenters. The predicted molar refractivity (Wildman–Crippen MR) is 42.6 cm³/mol. The van der Waals surface area contributed by atoms with Crippen LogP contribution in [0.2, 0.25) is 0 Å². The minimum Gasteiger partial charge on any atom is -0.381 e. The molecule has 0 saturated carbocycles. The van der Waals surface area contributed by atoms with Gasteiger partial charge in [0.15, 0.2) is 0 Å². The Balaban J connectivity index is 2.38. The van der Waals surface area contributed by atoms with Gasteiger partial charge < -0.3 is 5.32 Å². The summed E-state index contributed by atoms with van der Waals surface area (Å²) in [5.74, 6) is 0. The fourth-order valence-electron chi connectivity index (χ4n) is 1.81. The number of hydrogen-bond donors (Lipinski definition) is 1. The van der Waals surface area contributed by atoms with Crippen LogP contribution in [-0.4, -0.2) is 6.54 Å². The Bertz CT molecular complexity index is 203. The van der Waals surface area contributed by atoms with E-state index in [2.05, 4.69) is 18.3 Å². The number of allylic oxidation sites excluding steroid dienone is 2. The average molecular weight is 135 g/mol. The molecule has 2 rings (SSSR count). The highest BCUT2D eigenvalue weighted by atomic mass is 14.9. The number of rotatable bonds is 0. The van der Waals surface area contributed by atoms with E-state index in [0.717, 1.165) is 6.54 Å². The van der Waals surface area contributed by atoms with Crippen molar-refractivity contribution in [3.8, 4) is 0 Å². The zero-order valence-electron chi connectivity index (χ0n) is 6.41. The van der Waals surface area contributed by atoms with E-state index >= 15 is 0 Å². The molecule has 0 aromatic heterocycles. The molecule has 1 aliphatic carbocycles. The van der Waals surface area contributed by atoms with Crippen LogP contribution < -0.4 is 5.32 Å². The highest BCUT2D eigenvalue weighted by Crippen LogP contribution is 2.29. The highest BCUT2D eigenvalue weighted by Gasteiger charge is 2.16. The van der Waals surface area contributed by atoms with Crippen LogP contribution in [0.4, 0.5) is 0 Å². The summed E-state index contributed by atoms with van der Waals surface area (Å²) in [7, 11) is 0. The van der Waals surface area contributed by atoms with Gasteiger partial charge in [0.25, 0.3) is 0 Å². The first kappa shape index (κ1) is 6.02. The number of fused-ring (bicyclic) bond motifs is 1. The second-order valence-corrected chi connectivity index (χ2v) is 3.12. The molecule has 0 saturated heterocycles. The minimum atomic E-state index is 1.06. The first-order valence-electron chi connectivity index (χ1n) is 4.01. The van der Waals surface area contributed by atoms with Crippen LogP contribution in [0.25, 0.3) is 0 Å². The standard InChI is InChI=1S/C9H13N/c1-7-3-2-4-8-5-6-10-9(7)8/h5,10H,2-4,6H2,1H3. The van der Waals surface area contributed by atoms with Gasteiger partial charge in [-0.25, -0.2) is 0 Å². The Morgan fingerprint density at radius 2 is 2.30 bits per heavy atom. The van der Waals surface area contributed by atoms with E-state index in [9.17, 15) is 0 Å². The van der Waals surface area contributed by atoms with Crippen molar-refractivity contribution in [3.63, 3.8) is 0 Å². The fraction of sp³-hybridized carbons (Fsp3) is 0.556. The van der Waals surface area contributed by atoms with Gasteiger partial charge in [0, 0.05) is 12.2 Å². The fourth-order valence-corrected chi connectivity index (χ4v) is 1.81. The maximum Gasteiger partial charge on any atom is 0.0361 e. The highest BCUT2D eigenvalue weighted by molar-refractivity contribution is 5.40. The monoisotopic (exact) mass is 135 g/mol. The van der Waals surface area contributed by atoms with Crippen molar-refractivity contribution in [3.05, 3.63) is 22.9 Å². The van der Waals surface area contributed by atoms with Gasteiger partial charge in [0.1, 0.15) is 0 Å². The SMILES string of the molecule is CC1=C2NCC=C2CCC1. The van der Waals surface area contributed by atoms with Crippen molar-refractivity contribution in [2.75, 3.05) is 6.54 Å². The van der Waals surface area contributed by atoms with Gasteiger partial charge in [0.2, 0.25) is 0 Å². The van der Waals surface area contributed by atoms with Crippen molar-refractivity contribution < 1.29 is 0 Å². The minimum absolute atomic E-state index is 1.06. The molecular formula is C9H13N. The van der Waals surface area contributed by atoms with E-state index in [-0.39, 0.29) is 0 Å². The van der Waals surface area contributed by atoms with E-state index in [4.69, 9.17) is 0 Å². The van der Waals surface area contributed by atoms with Crippen molar-refractivity contribution in [2.45, 2.75) is 26.2 Å². The Hall–Kier alpha value is -0.720. The van der Waals surface area contributed by atoms with E-state index in [1.165, 1.54) is 25.0 Å². The van der Waals surface area contributed by atoms with Crippen LogP contribution in [0, 0.1) is 0 Å². The molecular weight excluding hydrogens is 122 g/mol. The second-order valence-electron chi connectivity index (χ2n) is 3.12. The molecule has 1 N–H and O–H groups in total. The Labute approximate surface area is 61.8 Å². The molecule has 0 aromatic carbocycles. The van der Waals surface area contributed by atoms with Crippen molar-refractivity contribution in [1.82, 2.24) is 5.32 Å². The third kappa shape index (κ3) is 0.772. The molecule has 0 aromatic rings. The zero-order valence-corrected chi connectivity index (χ0v) is 6.41. The first-order valence-corrected chi connectivity index (χ1v) is 4.01. The molecule has 1 heteroatoms. The van der Waals surface area contributed by atoms with Gasteiger partial charge in [-0.05, 0) is 37.3 Å². The predicted octanol–water partition coefficient (Wildman–Crippen LogP) is 1.97. The molecule has 0 amide bonds. The van der Waals surface area contributed by atoms with Crippen LogP contribution in [0.3, 0.4) is 0 Å². The maximum absolute atomic E-state index is 3.40. The van der Waals surface area contributed by atoms with Crippen LogP contribution in [0.1, 0.15) is 26.2 Å². The summed E-state index contributed by atoms with van der Waals surface area (Å²) >= 11 is 0. The second kappa shape index (κ2) is 2.15. The summed E-state index contributed by atoms with van der Waals surface area (Å²) in [6, 6.07) is 0. The molecule has 2 aliphatic rings. The molecule has 1 nitrogen and oxygen atoms in total. The van der Waals surface area contributed by atoms with E-state index in [1.807, 2.05) is 0 Å². The van der Waals surface area contributed by atoms with Gasteiger partial charge in [-0.1, -0.05) is 6.08 Å². The van der Waals surface area contributed by atoms with Crippen LogP contribution in [0.5, 0.6) is 0 Å². The molecule has 0 spiro atoms. The van der Waals surface area contributed by atoms with Crippen LogP contribution in [0.15, 0.2) is 22.9 Å². The van der Waals surface area contributed by atoms with Crippen molar-refractivity contribution in [1.29, 1.82) is 0 Å². The van der Waals surface area contributed by atoms with Crippen molar-refractivity contribution >= 4 is 0 Å². The molecule has 0 bridgehead atoms. The maximum atomic E-state index is 3.40. The normalized spacial score (nSPS) is 23.9. The van der Waals surface area contributed by atoms with Gasteiger partial charge in [-0.15, -0.1) is 0 Å². The average Bonchev–Trinajstić information content (AvgIpc) is 2.36. The summed E-state index contributed by atoms with van der Waals surface area (Å²) < 4.78 is 0. The topological polar surface area (TPSA) is 12.0 Å². The lowest BCUT2D eigenvalue weighted by Gasteiger charge is -2.16. The largest absolute Gasteiger partial charge is 0.381 e. The molecule has 0 radical (unpaired) electrons. The summed E-state index contributed by atoms with van der Waals surface area (Å²) in [6.07, 6.45) is 6.25. The Morgan fingerprint density at radius 3 is 3.10 bits per heavy atom. The van der Waals surface area contributed by atoms with Gasteiger partial charge in [0.05, 0.1) is 0 Å². The third-order valence-corrected chi connectivity index (χ3v) is 2.37. The summed E-state index contributed by atoms with van der Waals surface area (Å²) in [5, 5.41) is 3.40. The summed E-state index contributed by atoms with van der Waals surface area (Å²) in [6.45, 7) is 3.29. The lowest BCUT2D eigenvalue weighted by Crippen LogP contribution is -2.11. The van der Waals surface area contributed by atoms with E-state index < -0.39 is 0 Å². The lowest BCUT2D eigenvalue weighted by atomic mass is 9.94. The van der Waals surface area contributed by atoms with Crippen molar-refractivity contribution in [2.24, 2.45) is 0 Å². The van der Waals surface area contributed by atoms with E-state index in [1.54, 1.807) is 11.1 Å². The molecule has 0 atom stereocenters. The lowest BCUT2D eigenvalue weighted by molar-refractivity contribution is 0.746. The first-order chi connectivity index (χ1) is 4.88. The van der Waals surface area contributed by atoms with Gasteiger partial charge in [-0.2, -0.15) is 0 Å². The van der Waals surface area contributed by atoms with Gasteiger partial charge >= 0.3 is 0 Å². The Morgan fingerprint density at radius 1 is 1.40 bits per heavy atom. The molecule has 0 fully saturated rings. The molecule has 1 heterocycles. The molecule has 10 heavy (non-hydrogen) atoms. The number of hydrogen-bond acceptors (Lipinski definition) is 1. The summed E-state index contributed by atoms with van der Waals surface area (Å²) in [5.41, 5.74) is 4.56. The smallest absolute Gasteiger partial charge is 0.0361 e. The molecule has 1 aliphatic heterocycles. The molecule has 54 valence electrons.